The molecule has 1 amide bonds. The Labute approximate surface area is 158 Å². The van der Waals surface area contributed by atoms with E-state index in [0.29, 0.717) is 24.6 Å². The van der Waals surface area contributed by atoms with E-state index in [0.717, 1.165) is 12.1 Å². The molecule has 0 atom stereocenters. The van der Waals surface area contributed by atoms with Crippen molar-refractivity contribution in [2.75, 3.05) is 23.3 Å². The Hall–Kier alpha value is -3.69. The Morgan fingerprint density at radius 1 is 1.07 bits per heavy atom. The zero-order valence-corrected chi connectivity index (χ0v) is 14.4. The SMILES string of the molecule is O=C(Nc1ccnnc1)c1nccnc1N1CC(Oc2ccc(F)c(F)c2)C1. The first-order valence-electron chi connectivity index (χ1n) is 8.36. The van der Waals surface area contributed by atoms with Crippen molar-refractivity contribution in [2.45, 2.75) is 6.10 Å². The lowest BCUT2D eigenvalue weighted by Crippen LogP contribution is -2.54. The second-order valence-electron chi connectivity index (χ2n) is 6.03. The summed E-state index contributed by atoms with van der Waals surface area (Å²) in [5.41, 5.74) is 0.644. The molecule has 8 nitrogen and oxygen atoms in total. The number of aromatic nitrogens is 4. The molecule has 1 aliphatic heterocycles. The van der Waals surface area contributed by atoms with Crippen LogP contribution in [0.15, 0.2) is 49.1 Å². The number of halogens is 2. The van der Waals surface area contributed by atoms with Crippen molar-refractivity contribution >= 4 is 17.4 Å². The summed E-state index contributed by atoms with van der Waals surface area (Å²) >= 11 is 0. The number of nitrogens with zero attached hydrogens (tertiary/aromatic N) is 5. The number of anilines is 2. The Morgan fingerprint density at radius 2 is 1.89 bits per heavy atom. The molecule has 1 N–H and O–H groups in total. The fourth-order valence-corrected chi connectivity index (χ4v) is 2.71. The van der Waals surface area contributed by atoms with Gasteiger partial charge in [-0.3, -0.25) is 4.79 Å². The number of benzene rings is 1. The molecule has 4 rings (SSSR count). The van der Waals surface area contributed by atoms with Crippen LogP contribution in [0.1, 0.15) is 10.5 Å². The van der Waals surface area contributed by atoms with E-state index in [1.54, 1.807) is 6.07 Å². The van der Waals surface area contributed by atoms with Gasteiger partial charge in [0.2, 0.25) is 0 Å². The van der Waals surface area contributed by atoms with E-state index in [4.69, 9.17) is 4.74 Å². The maximum Gasteiger partial charge on any atom is 0.278 e. The van der Waals surface area contributed by atoms with E-state index in [-0.39, 0.29) is 17.5 Å². The molecule has 1 aromatic carbocycles. The predicted octanol–water partition coefficient (Wildman–Crippen LogP) is 2.06. The highest BCUT2D eigenvalue weighted by atomic mass is 19.2. The van der Waals surface area contributed by atoms with E-state index in [9.17, 15) is 13.6 Å². The molecule has 2 aromatic heterocycles. The number of amides is 1. The summed E-state index contributed by atoms with van der Waals surface area (Å²) in [6, 6.07) is 4.99. The summed E-state index contributed by atoms with van der Waals surface area (Å²) < 4.78 is 31.9. The van der Waals surface area contributed by atoms with Crippen LogP contribution in [0.25, 0.3) is 0 Å². The molecule has 0 radical (unpaired) electrons. The summed E-state index contributed by atoms with van der Waals surface area (Å²) in [5.74, 6) is -1.67. The number of hydrogen-bond donors (Lipinski definition) is 1. The minimum atomic E-state index is -0.966. The zero-order chi connectivity index (χ0) is 19.5. The fourth-order valence-electron chi connectivity index (χ4n) is 2.71. The van der Waals surface area contributed by atoms with Crippen molar-refractivity contribution in [3.63, 3.8) is 0 Å². The van der Waals surface area contributed by atoms with E-state index >= 15 is 0 Å². The maximum absolute atomic E-state index is 13.3. The van der Waals surface area contributed by atoms with Crippen LogP contribution in [0, 0.1) is 11.6 Å². The second kappa shape index (κ2) is 7.51. The average Bonchev–Trinajstić information content (AvgIpc) is 2.68. The Kier molecular flexibility index (Phi) is 4.75. The minimum Gasteiger partial charge on any atom is -0.487 e. The summed E-state index contributed by atoms with van der Waals surface area (Å²) in [4.78, 5) is 22.7. The van der Waals surface area contributed by atoms with Gasteiger partial charge in [0.25, 0.3) is 5.91 Å². The van der Waals surface area contributed by atoms with Gasteiger partial charge in [0, 0.05) is 18.5 Å². The second-order valence-corrected chi connectivity index (χ2v) is 6.03. The van der Waals surface area contributed by atoms with Gasteiger partial charge in [-0.25, -0.2) is 18.7 Å². The highest BCUT2D eigenvalue weighted by molar-refractivity contribution is 6.06. The Balaban J connectivity index is 1.42. The van der Waals surface area contributed by atoms with Crippen molar-refractivity contribution < 1.29 is 18.3 Å². The van der Waals surface area contributed by atoms with Crippen molar-refractivity contribution in [2.24, 2.45) is 0 Å². The molecule has 0 spiro atoms. The lowest BCUT2D eigenvalue weighted by atomic mass is 10.1. The van der Waals surface area contributed by atoms with Crippen LogP contribution in [-0.4, -0.2) is 45.3 Å². The highest BCUT2D eigenvalue weighted by Crippen LogP contribution is 2.25. The number of hydrogen-bond acceptors (Lipinski definition) is 7. The lowest BCUT2D eigenvalue weighted by molar-refractivity contribution is 0.102. The van der Waals surface area contributed by atoms with Gasteiger partial charge < -0.3 is 15.0 Å². The van der Waals surface area contributed by atoms with Crippen LogP contribution < -0.4 is 15.0 Å². The Bertz CT molecular complexity index is 998. The highest BCUT2D eigenvalue weighted by Gasteiger charge is 2.33. The van der Waals surface area contributed by atoms with Crippen LogP contribution in [0.5, 0.6) is 5.75 Å². The standard InChI is InChI=1S/C18H14F2N6O2/c19-14-2-1-12(7-15(14)20)28-13-9-26(10-13)17-16(21-5-6-22-17)18(27)25-11-3-4-23-24-8-11/h1-8,13H,9-10H2,(H,23,25,27). The molecule has 0 aliphatic carbocycles. The number of nitrogens with one attached hydrogen (secondary N) is 1. The molecule has 28 heavy (non-hydrogen) atoms. The molecule has 1 fully saturated rings. The molecule has 142 valence electrons. The predicted molar refractivity (Wildman–Crippen MR) is 95.0 cm³/mol. The van der Waals surface area contributed by atoms with E-state index < -0.39 is 17.5 Å². The topological polar surface area (TPSA) is 93.1 Å². The first kappa shape index (κ1) is 17.7. The van der Waals surface area contributed by atoms with Gasteiger partial charge in [0.1, 0.15) is 11.9 Å². The van der Waals surface area contributed by atoms with Crippen LogP contribution in [-0.2, 0) is 0 Å². The molecule has 1 aliphatic rings. The largest absolute Gasteiger partial charge is 0.487 e. The molecule has 0 bridgehead atoms. The molecular weight excluding hydrogens is 370 g/mol. The first-order valence-corrected chi connectivity index (χ1v) is 8.36. The fraction of sp³-hybridized carbons (Fsp3) is 0.167. The third-order valence-corrected chi connectivity index (χ3v) is 4.08. The van der Waals surface area contributed by atoms with Crippen LogP contribution in [0.4, 0.5) is 20.3 Å². The molecule has 1 saturated heterocycles. The number of carbonyl (C=O) groups excluding carboxylic acids is 1. The first-order chi connectivity index (χ1) is 13.6. The van der Waals surface area contributed by atoms with Gasteiger partial charge in [0.15, 0.2) is 23.1 Å². The van der Waals surface area contributed by atoms with E-state index in [1.165, 1.54) is 30.9 Å². The third-order valence-electron chi connectivity index (χ3n) is 4.08. The molecule has 10 heteroatoms. The van der Waals surface area contributed by atoms with E-state index in [2.05, 4.69) is 25.5 Å². The Morgan fingerprint density at radius 3 is 2.64 bits per heavy atom. The van der Waals surface area contributed by atoms with Gasteiger partial charge in [-0.15, -0.1) is 0 Å². The van der Waals surface area contributed by atoms with Gasteiger partial charge in [-0.1, -0.05) is 0 Å². The number of carbonyl (C=O) groups is 1. The van der Waals surface area contributed by atoms with Gasteiger partial charge in [-0.2, -0.15) is 10.2 Å². The minimum absolute atomic E-state index is 0.158. The van der Waals surface area contributed by atoms with Gasteiger partial charge >= 0.3 is 0 Å². The maximum atomic E-state index is 13.3. The van der Waals surface area contributed by atoms with Crippen molar-refractivity contribution in [1.82, 2.24) is 20.2 Å². The molecule has 3 heterocycles. The third kappa shape index (κ3) is 3.70. The van der Waals surface area contributed by atoms with Gasteiger partial charge in [0.05, 0.1) is 31.2 Å². The van der Waals surface area contributed by atoms with Crippen molar-refractivity contribution in [1.29, 1.82) is 0 Å². The summed E-state index contributed by atoms with van der Waals surface area (Å²) in [6.45, 7) is 0.851. The number of rotatable bonds is 5. The van der Waals surface area contributed by atoms with E-state index in [1.807, 2.05) is 4.90 Å². The molecule has 3 aromatic rings. The quantitative estimate of drug-likeness (QED) is 0.720. The van der Waals surface area contributed by atoms with Crippen molar-refractivity contribution in [3.05, 3.63) is 66.4 Å². The molecule has 0 saturated carbocycles. The van der Waals surface area contributed by atoms with Crippen LogP contribution >= 0.6 is 0 Å². The number of ether oxygens (including phenoxy) is 1. The molecular formula is C18H14F2N6O2. The van der Waals surface area contributed by atoms with Crippen molar-refractivity contribution in [3.8, 4) is 5.75 Å². The lowest BCUT2D eigenvalue weighted by Gasteiger charge is -2.40. The molecule has 0 unspecified atom stereocenters. The smallest absolute Gasteiger partial charge is 0.278 e. The van der Waals surface area contributed by atoms with Gasteiger partial charge in [-0.05, 0) is 18.2 Å². The van der Waals surface area contributed by atoms with Crippen LogP contribution in [0.3, 0.4) is 0 Å². The zero-order valence-electron chi connectivity index (χ0n) is 14.4. The summed E-state index contributed by atoms with van der Waals surface area (Å²) in [5, 5.41) is 10.0. The summed E-state index contributed by atoms with van der Waals surface area (Å²) in [6.07, 6.45) is 5.56. The average molecular weight is 384 g/mol. The summed E-state index contributed by atoms with van der Waals surface area (Å²) in [7, 11) is 0. The normalized spacial score (nSPS) is 13.7. The van der Waals surface area contributed by atoms with Crippen LogP contribution in [0.2, 0.25) is 0 Å². The monoisotopic (exact) mass is 384 g/mol.